The fraction of sp³-hybridized carbons (Fsp3) is 0.600. The normalized spacial score (nSPS) is 10.7. The van der Waals surface area contributed by atoms with Gasteiger partial charge < -0.3 is 10.4 Å². The molecule has 0 fully saturated rings. The van der Waals surface area contributed by atoms with Crippen LogP contribution in [-0.2, 0) is 11.3 Å². The summed E-state index contributed by atoms with van der Waals surface area (Å²) in [4.78, 5) is 22.1. The summed E-state index contributed by atoms with van der Waals surface area (Å²) >= 11 is 0. The topological polar surface area (TPSA) is 97.1 Å². The first-order valence-corrected chi connectivity index (χ1v) is 5.68. The first-order chi connectivity index (χ1) is 8.97. The Bertz CT molecular complexity index is 462. The largest absolute Gasteiger partial charge is 0.476 e. The molecule has 7 nitrogen and oxygen atoms in total. The molecule has 0 aliphatic heterocycles. The molecule has 1 rings (SSSR count). The van der Waals surface area contributed by atoms with E-state index in [1.807, 2.05) is 6.92 Å². The number of carbonyl (C=O) groups is 2. The maximum Gasteiger partial charge on any atom is 0.358 e. The number of carboxylic acid groups (broad SMARTS) is 1. The van der Waals surface area contributed by atoms with E-state index >= 15 is 0 Å². The zero-order valence-corrected chi connectivity index (χ0v) is 10.3. The second-order valence-corrected chi connectivity index (χ2v) is 3.79. The number of hydrogen-bond donors (Lipinski definition) is 2. The van der Waals surface area contributed by atoms with Gasteiger partial charge in [0.2, 0.25) is 5.91 Å². The number of aromatic nitrogens is 3. The summed E-state index contributed by atoms with van der Waals surface area (Å²) < 4.78 is 26.1. The third-order valence-electron chi connectivity index (χ3n) is 2.33. The highest BCUT2D eigenvalue weighted by Gasteiger charge is 2.27. The van der Waals surface area contributed by atoms with E-state index in [0.717, 1.165) is 12.8 Å². The van der Waals surface area contributed by atoms with Crippen molar-refractivity contribution >= 4 is 11.9 Å². The Kier molecular flexibility index (Phi) is 5.34. The average Bonchev–Trinajstić information content (AvgIpc) is 2.73. The molecule has 1 aromatic heterocycles. The van der Waals surface area contributed by atoms with Crippen molar-refractivity contribution in [3.05, 3.63) is 11.4 Å². The molecule has 1 aromatic rings. The van der Waals surface area contributed by atoms with Gasteiger partial charge in [0.25, 0.3) is 6.43 Å². The van der Waals surface area contributed by atoms with Crippen LogP contribution < -0.4 is 5.32 Å². The first-order valence-electron chi connectivity index (χ1n) is 5.68. The molecule has 9 heteroatoms. The second-order valence-electron chi connectivity index (χ2n) is 3.79. The number of carboxylic acids is 1. The van der Waals surface area contributed by atoms with Gasteiger partial charge in [0.15, 0.2) is 5.69 Å². The summed E-state index contributed by atoms with van der Waals surface area (Å²) in [5.74, 6) is -2.12. The number of amides is 1. The lowest BCUT2D eigenvalue weighted by atomic mass is 10.3. The van der Waals surface area contributed by atoms with Crippen molar-refractivity contribution in [1.82, 2.24) is 20.3 Å². The zero-order valence-electron chi connectivity index (χ0n) is 10.3. The molecule has 19 heavy (non-hydrogen) atoms. The van der Waals surface area contributed by atoms with Crippen LogP contribution in [-0.4, -0.2) is 38.5 Å². The van der Waals surface area contributed by atoms with E-state index in [1.54, 1.807) is 0 Å². The monoisotopic (exact) mass is 276 g/mol. The van der Waals surface area contributed by atoms with Crippen LogP contribution in [0.25, 0.3) is 0 Å². The van der Waals surface area contributed by atoms with Crippen molar-refractivity contribution in [3.63, 3.8) is 0 Å². The molecule has 1 amide bonds. The van der Waals surface area contributed by atoms with Crippen LogP contribution in [0.4, 0.5) is 8.78 Å². The van der Waals surface area contributed by atoms with Gasteiger partial charge in [0.1, 0.15) is 12.2 Å². The molecule has 1 heterocycles. The van der Waals surface area contributed by atoms with Crippen LogP contribution in [0.1, 0.15) is 42.4 Å². The number of nitrogens with zero attached hydrogens (tertiary/aromatic N) is 3. The number of unbranched alkanes of at least 4 members (excludes halogenated alkanes) is 1. The SMILES string of the molecule is CCCCNC(=O)Cn1nnc(C(=O)O)c1C(F)F. The maximum atomic E-state index is 12.7. The predicted octanol–water partition coefficient (Wildman–Crippen LogP) is 0.830. The van der Waals surface area contributed by atoms with Crippen LogP contribution in [0.5, 0.6) is 0 Å². The lowest BCUT2D eigenvalue weighted by Crippen LogP contribution is -2.29. The van der Waals surface area contributed by atoms with Crippen LogP contribution in [0, 0.1) is 0 Å². The van der Waals surface area contributed by atoms with Gasteiger partial charge in [-0.3, -0.25) is 4.79 Å². The molecule has 0 aliphatic carbocycles. The number of alkyl halides is 2. The highest BCUT2D eigenvalue weighted by molar-refractivity contribution is 5.86. The molecule has 0 radical (unpaired) electrons. The standard InChI is InChI=1S/C10H14F2N4O3/c1-2-3-4-13-6(17)5-16-8(9(11)12)7(10(18)19)14-15-16/h9H,2-5H2,1H3,(H,13,17)(H,18,19). The Hall–Kier alpha value is -2.06. The van der Waals surface area contributed by atoms with Crippen molar-refractivity contribution in [2.24, 2.45) is 0 Å². The van der Waals surface area contributed by atoms with Gasteiger partial charge in [-0.25, -0.2) is 18.3 Å². The maximum absolute atomic E-state index is 12.7. The van der Waals surface area contributed by atoms with E-state index in [1.165, 1.54) is 0 Å². The smallest absolute Gasteiger partial charge is 0.358 e. The molecule has 0 spiro atoms. The third kappa shape index (κ3) is 3.97. The van der Waals surface area contributed by atoms with Crippen molar-refractivity contribution in [2.75, 3.05) is 6.54 Å². The van der Waals surface area contributed by atoms with E-state index in [4.69, 9.17) is 5.11 Å². The summed E-state index contributed by atoms with van der Waals surface area (Å²) in [6.45, 7) is 1.89. The Morgan fingerprint density at radius 1 is 1.47 bits per heavy atom. The molecule has 0 unspecified atom stereocenters. The number of rotatable bonds is 7. The first kappa shape index (κ1) is 15.0. The van der Waals surface area contributed by atoms with Gasteiger partial charge in [-0.05, 0) is 6.42 Å². The predicted molar refractivity (Wildman–Crippen MR) is 59.9 cm³/mol. The number of aromatic carboxylic acids is 1. The van der Waals surface area contributed by atoms with E-state index in [0.29, 0.717) is 11.2 Å². The molecule has 0 atom stereocenters. The molecule has 0 saturated heterocycles. The minimum atomic E-state index is -3.07. The third-order valence-corrected chi connectivity index (χ3v) is 2.33. The van der Waals surface area contributed by atoms with E-state index in [9.17, 15) is 18.4 Å². The minimum absolute atomic E-state index is 0.430. The number of nitrogens with one attached hydrogen (secondary N) is 1. The molecule has 0 aliphatic rings. The summed E-state index contributed by atoms with van der Waals surface area (Å²) in [6, 6.07) is 0. The van der Waals surface area contributed by atoms with Crippen LogP contribution in [0.2, 0.25) is 0 Å². The fourth-order valence-electron chi connectivity index (χ4n) is 1.40. The van der Waals surface area contributed by atoms with Crippen LogP contribution in [0.15, 0.2) is 0 Å². The van der Waals surface area contributed by atoms with E-state index in [-0.39, 0.29) is 0 Å². The Morgan fingerprint density at radius 2 is 2.16 bits per heavy atom. The summed E-state index contributed by atoms with van der Waals surface area (Å²) in [5.41, 5.74) is -1.70. The number of hydrogen-bond acceptors (Lipinski definition) is 4. The van der Waals surface area contributed by atoms with Gasteiger partial charge in [0.05, 0.1) is 0 Å². The Labute approximate surface area is 107 Å². The van der Waals surface area contributed by atoms with Crippen molar-refractivity contribution in [2.45, 2.75) is 32.7 Å². The molecule has 0 aromatic carbocycles. The lowest BCUT2D eigenvalue weighted by Gasteiger charge is -2.07. The van der Waals surface area contributed by atoms with Gasteiger partial charge in [0, 0.05) is 6.54 Å². The zero-order chi connectivity index (χ0) is 14.4. The van der Waals surface area contributed by atoms with Gasteiger partial charge >= 0.3 is 5.97 Å². The van der Waals surface area contributed by atoms with Gasteiger partial charge in [-0.15, -0.1) is 5.10 Å². The second kappa shape index (κ2) is 6.76. The molecule has 2 N–H and O–H groups in total. The Balaban J connectivity index is 2.78. The van der Waals surface area contributed by atoms with Gasteiger partial charge in [-0.1, -0.05) is 18.6 Å². The summed E-state index contributed by atoms with van der Waals surface area (Å²) in [6.07, 6.45) is -1.41. The van der Waals surface area contributed by atoms with E-state index < -0.39 is 36.2 Å². The van der Waals surface area contributed by atoms with Gasteiger partial charge in [-0.2, -0.15) is 0 Å². The number of halogens is 2. The molecular weight excluding hydrogens is 262 g/mol. The Morgan fingerprint density at radius 3 is 2.68 bits per heavy atom. The lowest BCUT2D eigenvalue weighted by molar-refractivity contribution is -0.121. The summed E-state index contributed by atoms with van der Waals surface area (Å²) in [5, 5.41) is 17.6. The molecule has 0 bridgehead atoms. The van der Waals surface area contributed by atoms with Crippen molar-refractivity contribution in [1.29, 1.82) is 0 Å². The average molecular weight is 276 g/mol. The minimum Gasteiger partial charge on any atom is -0.476 e. The highest BCUT2D eigenvalue weighted by atomic mass is 19.3. The summed E-state index contributed by atoms with van der Waals surface area (Å²) in [7, 11) is 0. The van der Waals surface area contributed by atoms with Crippen LogP contribution >= 0.6 is 0 Å². The van der Waals surface area contributed by atoms with Crippen LogP contribution in [0.3, 0.4) is 0 Å². The molecule has 0 saturated carbocycles. The fourth-order valence-corrected chi connectivity index (χ4v) is 1.40. The molecular formula is C10H14F2N4O3. The molecule has 106 valence electrons. The van der Waals surface area contributed by atoms with E-state index in [2.05, 4.69) is 15.6 Å². The number of carbonyl (C=O) groups excluding carboxylic acids is 1. The quantitative estimate of drug-likeness (QED) is 0.719. The van der Waals surface area contributed by atoms with Crippen molar-refractivity contribution < 1.29 is 23.5 Å². The highest BCUT2D eigenvalue weighted by Crippen LogP contribution is 2.21. The van der Waals surface area contributed by atoms with Crippen molar-refractivity contribution in [3.8, 4) is 0 Å².